The Hall–Kier alpha value is -2.17. The second-order valence-electron chi connectivity index (χ2n) is 9.43. The van der Waals surface area contributed by atoms with E-state index in [0.29, 0.717) is 19.0 Å². The van der Waals surface area contributed by atoms with Crippen LogP contribution in [0, 0.1) is 17.8 Å². The molecule has 2 saturated heterocycles. The predicted molar refractivity (Wildman–Crippen MR) is 132 cm³/mol. The first-order valence-electron chi connectivity index (χ1n) is 11.9. The first-order valence-corrected chi connectivity index (χ1v) is 13.5. The van der Waals surface area contributed by atoms with Gasteiger partial charge in [-0.25, -0.2) is 12.7 Å². The molecule has 2 aliphatic heterocycles. The van der Waals surface area contributed by atoms with Gasteiger partial charge in [0.15, 0.2) is 0 Å². The molecule has 2 aliphatic rings. The highest BCUT2D eigenvalue weighted by Gasteiger charge is 2.50. The standard InChI is InChI=1S/C27H34N2O3S/c1-21(2)10-11-22-12-14-24(15-13-22)27-25-18-28(16-6-7-17-29(25)26(27)19-30)33(31,32)20-23-8-4-3-5-9-23/h3-5,8-9,12-15,21,25-27,30H,6-7,16-20H2,1-2H3/t25-,26-,27+/m1/s1. The van der Waals surface area contributed by atoms with Gasteiger partial charge in [0.2, 0.25) is 10.0 Å². The van der Waals surface area contributed by atoms with Crippen molar-refractivity contribution in [2.24, 2.45) is 5.92 Å². The van der Waals surface area contributed by atoms with E-state index in [1.165, 1.54) is 0 Å². The number of rotatable bonds is 5. The Kier molecular flexibility index (Phi) is 7.55. The van der Waals surface area contributed by atoms with E-state index in [-0.39, 0.29) is 30.4 Å². The number of benzene rings is 2. The van der Waals surface area contributed by atoms with E-state index in [9.17, 15) is 13.5 Å². The first kappa shape index (κ1) is 24.0. The molecular formula is C27H34N2O3S. The van der Waals surface area contributed by atoms with Crippen LogP contribution in [-0.2, 0) is 15.8 Å². The van der Waals surface area contributed by atoms with Gasteiger partial charge in [0.25, 0.3) is 0 Å². The molecule has 0 spiro atoms. The van der Waals surface area contributed by atoms with E-state index in [4.69, 9.17) is 0 Å². The molecule has 0 saturated carbocycles. The van der Waals surface area contributed by atoms with Gasteiger partial charge >= 0.3 is 0 Å². The zero-order valence-electron chi connectivity index (χ0n) is 19.5. The summed E-state index contributed by atoms with van der Waals surface area (Å²) >= 11 is 0. The maximum Gasteiger partial charge on any atom is 0.218 e. The molecule has 5 nitrogen and oxygen atoms in total. The van der Waals surface area contributed by atoms with E-state index in [0.717, 1.165) is 36.1 Å². The molecule has 2 aromatic rings. The fraction of sp³-hybridized carbons (Fsp3) is 0.481. The summed E-state index contributed by atoms with van der Waals surface area (Å²) in [5.74, 6) is 6.84. The van der Waals surface area contributed by atoms with Gasteiger partial charge in [0.05, 0.1) is 12.4 Å². The Morgan fingerprint density at radius 1 is 1.03 bits per heavy atom. The van der Waals surface area contributed by atoms with Gasteiger partial charge in [-0.1, -0.05) is 68.2 Å². The largest absolute Gasteiger partial charge is 0.395 e. The van der Waals surface area contributed by atoms with Gasteiger partial charge in [0, 0.05) is 42.6 Å². The molecule has 1 N–H and O–H groups in total. The highest BCUT2D eigenvalue weighted by Crippen LogP contribution is 2.42. The molecule has 0 radical (unpaired) electrons. The van der Waals surface area contributed by atoms with Gasteiger partial charge < -0.3 is 5.11 Å². The minimum Gasteiger partial charge on any atom is -0.395 e. The van der Waals surface area contributed by atoms with Gasteiger partial charge in [-0.2, -0.15) is 0 Å². The summed E-state index contributed by atoms with van der Waals surface area (Å²) < 4.78 is 28.3. The summed E-state index contributed by atoms with van der Waals surface area (Å²) in [4.78, 5) is 2.31. The van der Waals surface area contributed by atoms with Crippen molar-refractivity contribution in [3.63, 3.8) is 0 Å². The monoisotopic (exact) mass is 466 g/mol. The van der Waals surface area contributed by atoms with E-state index >= 15 is 0 Å². The van der Waals surface area contributed by atoms with Gasteiger partial charge in [0.1, 0.15) is 0 Å². The molecule has 33 heavy (non-hydrogen) atoms. The lowest BCUT2D eigenvalue weighted by Crippen LogP contribution is -2.67. The number of aliphatic hydroxyl groups excluding tert-OH is 1. The fourth-order valence-corrected chi connectivity index (χ4v) is 6.64. The lowest BCUT2D eigenvalue weighted by Gasteiger charge is -2.57. The van der Waals surface area contributed by atoms with Gasteiger partial charge in [-0.05, 0) is 42.6 Å². The van der Waals surface area contributed by atoms with Crippen LogP contribution in [0.4, 0.5) is 0 Å². The minimum atomic E-state index is -3.42. The molecule has 3 atom stereocenters. The summed E-state index contributed by atoms with van der Waals surface area (Å²) in [6.45, 7) is 6.14. The molecule has 176 valence electrons. The van der Waals surface area contributed by atoms with Crippen LogP contribution in [0.5, 0.6) is 0 Å². The third-order valence-corrected chi connectivity index (χ3v) is 8.54. The molecule has 6 heteroatoms. The van der Waals surface area contributed by atoms with E-state index in [2.05, 4.69) is 42.7 Å². The lowest BCUT2D eigenvalue weighted by atomic mass is 9.74. The van der Waals surface area contributed by atoms with E-state index in [1.54, 1.807) is 4.31 Å². The minimum absolute atomic E-state index is 0.0257. The van der Waals surface area contributed by atoms with Crippen molar-refractivity contribution >= 4 is 10.0 Å². The fourth-order valence-electron chi connectivity index (χ4n) is 5.05. The van der Waals surface area contributed by atoms with Crippen molar-refractivity contribution in [1.29, 1.82) is 0 Å². The van der Waals surface area contributed by atoms with E-state index in [1.807, 2.05) is 42.5 Å². The number of aliphatic hydroxyl groups is 1. The topological polar surface area (TPSA) is 60.9 Å². The van der Waals surface area contributed by atoms with Crippen LogP contribution in [0.15, 0.2) is 54.6 Å². The van der Waals surface area contributed by atoms with Crippen molar-refractivity contribution in [3.05, 3.63) is 71.3 Å². The second-order valence-corrected chi connectivity index (χ2v) is 11.4. The van der Waals surface area contributed by atoms with Crippen LogP contribution < -0.4 is 0 Å². The SMILES string of the molecule is CC(C)C#Cc1ccc([C@@H]2[C@@H](CO)N3CCCCN(S(=O)(=O)Cc4ccccc4)C[C@H]23)cc1. The van der Waals surface area contributed by atoms with Crippen LogP contribution >= 0.6 is 0 Å². The molecule has 0 unspecified atom stereocenters. The summed E-state index contributed by atoms with van der Waals surface area (Å²) in [7, 11) is -3.42. The smallest absolute Gasteiger partial charge is 0.218 e. The van der Waals surface area contributed by atoms with E-state index < -0.39 is 10.0 Å². The molecule has 2 fully saturated rings. The van der Waals surface area contributed by atoms with Crippen molar-refractivity contribution in [2.75, 3.05) is 26.2 Å². The Bertz CT molecular complexity index is 1090. The van der Waals surface area contributed by atoms with Crippen molar-refractivity contribution < 1.29 is 13.5 Å². The molecule has 2 aromatic carbocycles. The average molecular weight is 467 g/mol. The normalized spacial score (nSPS) is 24.2. The summed E-state index contributed by atoms with van der Waals surface area (Å²) in [6, 6.07) is 17.7. The third kappa shape index (κ3) is 5.50. The highest BCUT2D eigenvalue weighted by molar-refractivity contribution is 7.88. The Balaban J connectivity index is 1.55. The van der Waals surface area contributed by atoms with Crippen LogP contribution in [0.3, 0.4) is 0 Å². The maximum absolute atomic E-state index is 13.3. The quantitative estimate of drug-likeness (QED) is 0.686. The molecule has 2 heterocycles. The third-order valence-electron chi connectivity index (χ3n) is 6.72. The summed E-state index contributed by atoms with van der Waals surface area (Å²) in [5.41, 5.74) is 2.94. The van der Waals surface area contributed by atoms with Crippen molar-refractivity contribution in [1.82, 2.24) is 9.21 Å². The molecule has 0 bridgehead atoms. The van der Waals surface area contributed by atoms with Crippen molar-refractivity contribution in [2.45, 2.75) is 50.4 Å². The predicted octanol–water partition coefficient (Wildman–Crippen LogP) is 3.45. The van der Waals surface area contributed by atoms with Crippen LogP contribution in [-0.4, -0.2) is 61.1 Å². The number of sulfonamides is 1. The Morgan fingerprint density at radius 3 is 2.39 bits per heavy atom. The van der Waals surface area contributed by atoms with Crippen LogP contribution in [0.25, 0.3) is 0 Å². The van der Waals surface area contributed by atoms with Gasteiger partial charge in [-0.15, -0.1) is 0 Å². The summed E-state index contributed by atoms with van der Waals surface area (Å²) in [5, 5.41) is 10.1. The maximum atomic E-state index is 13.3. The Labute approximate surface area is 198 Å². The molecule has 0 aromatic heterocycles. The summed E-state index contributed by atoms with van der Waals surface area (Å²) in [6.07, 6.45) is 1.77. The number of nitrogens with zero attached hydrogens (tertiary/aromatic N) is 2. The lowest BCUT2D eigenvalue weighted by molar-refractivity contribution is -0.0554. The second kappa shape index (κ2) is 10.4. The highest BCUT2D eigenvalue weighted by atomic mass is 32.2. The number of fused-ring (bicyclic) bond motifs is 1. The molecular weight excluding hydrogens is 432 g/mol. The van der Waals surface area contributed by atoms with Crippen LogP contribution in [0.2, 0.25) is 0 Å². The zero-order valence-corrected chi connectivity index (χ0v) is 20.3. The number of hydrogen-bond donors (Lipinski definition) is 1. The molecule has 0 aliphatic carbocycles. The number of hydrogen-bond acceptors (Lipinski definition) is 4. The Morgan fingerprint density at radius 2 is 1.73 bits per heavy atom. The van der Waals surface area contributed by atoms with Gasteiger partial charge in [-0.3, -0.25) is 4.90 Å². The zero-order chi connectivity index (χ0) is 23.4. The first-order chi connectivity index (χ1) is 15.9. The average Bonchev–Trinajstić information content (AvgIpc) is 2.77. The molecule has 4 rings (SSSR count). The van der Waals surface area contributed by atoms with Crippen LogP contribution in [0.1, 0.15) is 49.3 Å². The van der Waals surface area contributed by atoms with Crippen molar-refractivity contribution in [3.8, 4) is 11.8 Å². The molecule has 0 amide bonds.